The van der Waals surface area contributed by atoms with Crippen molar-refractivity contribution >= 4 is 35.5 Å². The lowest BCUT2D eigenvalue weighted by atomic mass is 10.0. The van der Waals surface area contributed by atoms with E-state index in [0.717, 1.165) is 0 Å². The number of carbonyl (C=O) groups excluding carboxylic acids is 3. The van der Waals surface area contributed by atoms with Crippen molar-refractivity contribution in [3.05, 3.63) is 23.9 Å². The van der Waals surface area contributed by atoms with Crippen LogP contribution in [0.15, 0.2) is 18.3 Å². The maximum atomic E-state index is 13.1. The number of hydrogen-bond acceptors (Lipinski definition) is 8. The minimum absolute atomic E-state index is 0.184. The molecule has 10 nitrogen and oxygen atoms in total. The normalized spacial score (nSPS) is 19.2. The number of nitrogens with two attached hydrogens (primary N) is 1. The number of nitriles is 1. The highest BCUT2D eigenvalue weighted by Gasteiger charge is 2.38. The molecule has 2 N–H and O–H groups in total. The molecule has 1 aromatic rings. The van der Waals surface area contributed by atoms with E-state index in [1.807, 2.05) is 4.90 Å². The number of aromatic nitrogens is 1. The van der Waals surface area contributed by atoms with Crippen LogP contribution in [-0.4, -0.2) is 81.6 Å². The minimum Gasteiger partial charge on any atom is -0.444 e. The molecule has 1 atom stereocenters. The summed E-state index contributed by atoms with van der Waals surface area (Å²) < 4.78 is 5.59. The standard InChI is InChI=1S/C22H30N6O4S/c1-22(2,3)32-21(31)27(12-18(29)28-14-33-13-17(28)19(24)30)16-6-9-26(10-7-16)20-15(11-23)5-4-8-25-20/h4-5,8,16-17H,6-7,9-10,12-14H2,1-3H3,(H2,24,30)/t17-/m0/s1. The number of ether oxygens (including phenoxy) is 1. The molecule has 11 heteroatoms. The molecule has 2 saturated heterocycles. The first-order valence-corrected chi connectivity index (χ1v) is 12.0. The van der Waals surface area contributed by atoms with Crippen molar-refractivity contribution in [2.75, 3.05) is 36.2 Å². The van der Waals surface area contributed by atoms with E-state index in [1.165, 1.54) is 21.6 Å². The van der Waals surface area contributed by atoms with Crippen LogP contribution < -0.4 is 10.6 Å². The SMILES string of the molecule is CC(C)(C)OC(=O)N(CC(=O)N1CSC[C@H]1C(N)=O)C1CCN(c2ncccc2C#N)CC1. The van der Waals surface area contributed by atoms with Gasteiger partial charge >= 0.3 is 6.09 Å². The predicted molar refractivity (Wildman–Crippen MR) is 124 cm³/mol. The zero-order valence-corrected chi connectivity index (χ0v) is 20.0. The van der Waals surface area contributed by atoms with Crippen LogP contribution in [0, 0.1) is 11.3 Å². The maximum absolute atomic E-state index is 13.1. The summed E-state index contributed by atoms with van der Waals surface area (Å²) in [5.41, 5.74) is 5.24. The van der Waals surface area contributed by atoms with Crippen molar-refractivity contribution < 1.29 is 19.1 Å². The number of anilines is 1. The number of hydrogen-bond donors (Lipinski definition) is 1. The van der Waals surface area contributed by atoms with Gasteiger partial charge in [0, 0.05) is 31.1 Å². The number of pyridine rings is 1. The Hall–Kier alpha value is -3.00. The van der Waals surface area contributed by atoms with Crippen molar-refractivity contribution in [1.82, 2.24) is 14.8 Å². The molecule has 0 aromatic carbocycles. The van der Waals surface area contributed by atoms with Crippen LogP contribution in [0.5, 0.6) is 0 Å². The predicted octanol–water partition coefficient (Wildman–Crippen LogP) is 1.55. The van der Waals surface area contributed by atoms with Crippen molar-refractivity contribution in [2.45, 2.75) is 51.3 Å². The summed E-state index contributed by atoms with van der Waals surface area (Å²) >= 11 is 1.46. The molecule has 0 radical (unpaired) electrons. The van der Waals surface area contributed by atoms with Gasteiger partial charge in [-0.15, -0.1) is 11.8 Å². The van der Waals surface area contributed by atoms with Gasteiger partial charge in [-0.25, -0.2) is 9.78 Å². The average Bonchev–Trinajstić information content (AvgIpc) is 3.27. The molecule has 2 aliphatic heterocycles. The van der Waals surface area contributed by atoms with Gasteiger partial charge in [-0.05, 0) is 45.7 Å². The summed E-state index contributed by atoms with van der Waals surface area (Å²) in [5, 5.41) is 9.37. The third kappa shape index (κ3) is 6.07. The summed E-state index contributed by atoms with van der Waals surface area (Å²) in [6.45, 7) is 6.30. The topological polar surface area (TPSA) is 133 Å². The molecular formula is C22H30N6O4S. The van der Waals surface area contributed by atoms with Gasteiger partial charge in [0.05, 0.1) is 11.4 Å². The molecule has 0 spiro atoms. The van der Waals surface area contributed by atoms with Gasteiger partial charge < -0.3 is 20.3 Å². The van der Waals surface area contributed by atoms with Gasteiger partial charge in [-0.3, -0.25) is 14.5 Å². The highest BCUT2D eigenvalue weighted by Crippen LogP contribution is 2.26. The molecule has 33 heavy (non-hydrogen) atoms. The number of carbonyl (C=O) groups is 3. The van der Waals surface area contributed by atoms with Gasteiger partial charge in [0.1, 0.15) is 30.1 Å². The van der Waals surface area contributed by atoms with E-state index >= 15 is 0 Å². The Kier molecular flexibility index (Phi) is 7.68. The molecule has 0 aliphatic carbocycles. The molecule has 0 unspecified atom stereocenters. The van der Waals surface area contributed by atoms with Gasteiger partial charge in [0.15, 0.2) is 0 Å². The molecule has 0 bridgehead atoms. The van der Waals surface area contributed by atoms with E-state index < -0.39 is 23.6 Å². The molecule has 2 aliphatic rings. The molecule has 3 heterocycles. The second kappa shape index (κ2) is 10.3. The number of nitrogens with zero attached hydrogens (tertiary/aromatic N) is 5. The smallest absolute Gasteiger partial charge is 0.411 e. The van der Waals surface area contributed by atoms with Crippen LogP contribution in [0.1, 0.15) is 39.2 Å². The van der Waals surface area contributed by atoms with Crippen molar-refractivity contribution in [3.8, 4) is 6.07 Å². The third-order valence-electron chi connectivity index (χ3n) is 5.58. The van der Waals surface area contributed by atoms with Crippen molar-refractivity contribution in [1.29, 1.82) is 5.26 Å². The Morgan fingerprint density at radius 2 is 2.03 bits per heavy atom. The Morgan fingerprint density at radius 3 is 2.64 bits per heavy atom. The molecule has 1 aromatic heterocycles. The fourth-order valence-corrected chi connectivity index (χ4v) is 5.14. The van der Waals surface area contributed by atoms with E-state index in [0.29, 0.717) is 48.9 Å². The average molecular weight is 475 g/mol. The number of piperidine rings is 1. The second-order valence-electron chi connectivity index (χ2n) is 9.09. The maximum Gasteiger partial charge on any atom is 0.411 e. The lowest BCUT2D eigenvalue weighted by Crippen LogP contribution is -2.54. The first-order chi connectivity index (χ1) is 15.6. The van der Waals surface area contributed by atoms with Gasteiger partial charge in [-0.1, -0.05) is 0 Å². The lowest BCUT2D eigenvalue weighted by Gasteiger charge is -2.39. The summed E-state index contributed by atoms with van der Waals surface area (Å²) in [6, 6.07) is 4.72. The quantitative estimate of drug-likeness (QED) is 0.680. The number of primary amides is 1. The zero-order chi connectivity index (χ0) is 24.2. The number of rotatable bonds is 5. The highest BCUT2D eigenvalue weighted by molar-refractivity contribution is 7.99. The second-order valence-corrected chi connectivity index (χ2v) is 10.1. The monoisotopic (exact) mass is 474 g/mol. The van der Waals surface area contributed by atoms with E-state index in [-0.39, 0.29) is 18.5 Å². The molecular weight excluding hydrogens is 444 g/mol. The van der Waals surface area contributed by atoms with Crippen molar-refractivity contribution in [2.24, 2.45) is 5.73 Å². The van der Waals surface area contributed by atoms with Crippen LogP contribution in [-0.2, 0) is 14.3 Å². The van der Waals surface area contributed by atoms with E-state index in [4.69, 9.17) is 10.5 Å². The molecule has 2 fully saturated rings. The van der Waals surface area contributed by atoms with Crippen LogP contribution >= 0.6 is 11.8 Å². The molecule has 178 valence electrons. The Balaban J connectivity index is 1.73. The first kappa shape index (κ1) is 24.6. The third-order valence-corrected chi connectivity index (χ3v) is 6.59. The number of amides is 3. The summed E-state index contributed by atoms with van der Waals surface area (Å²) in [4.78, 5) is 47.1. The lowest BCUT2D eigenvalue weighted by molar-refractivity contribution is -0.138. The Labute approximate surface area is 198 Å². The largest absolute Gasteiger partial charge is 0.444 e. The van der Waals surface area contributed by atoms with E-state index in [9.17, 15) is 19.6 Å². The van der Waals surface area contributed by atoms with Crippen LogP contribution in [0.25, 0.3) is 0 Å². The van der Waals surface area contributed by atoms with Crippen LogP contribution in [0.2, 0.25) is 0 Å². The molecule has 3 amide bonds. The Morgan fingerprint density at radius 1 is 1.33 bits per heavy atom. The molecule has 0 saturated carbocycles. The van der Waals surface area contributed by atoms with Gasteiger partial charge in [0.2, 0.25) is 11.8 Å². The van der Waals surface area contributed by atoms with Gasteiger partial charge in [0.25, 0.3) is 0 Å². The van der Waals surface area contributed by atoms with E-state index in [1.54, 1.807) is 39.1 Å². The van der Waals surface area contributed by atoms with Crippen LogP contribution in [0.3, 0.4) is 0 Å². The van der Waals surface area contributed by atoms with E-state index in [2.05, 4.69) is 11.1 Å². The minimum atomic E-state index is -0.714. The first-order valence-electron chi connectivity index (χ1n) is 10.9. The summed E-state index contributed by atoms with van der Waals surface area (Å²) in [7, 11) is 0. The Bertz CT molecular complexity index is 936. The molecule has 3 rings (SSSR count). The van der Waals surface area contributed by atoms with Gasteiger partial charge in [-0.2, -0.15) is 5.26 Å². The van der Waals surface area contributed by atoms with Crippen molar-refractivity contribution in [3.63, 3.8) is 0 Å². The van der Waals surface area contributed by atoms with Crippen LogP contribution in [0.4, 0.5) is 10.6 Å². The highest BCUT2D eigenvalue weighted by atomic mass is 32.2. The summed E-state index contributed by atoms with van der Waals surface area (Å²) in [6.07, 6.45) is 2.26. The number of thioether (sulfide) groups is 1. The fraction of sp³-hybridized carbons (Fsp3) is 0.591. The summed E-state index contributed by atoms with van der Waals surface area (Å²) in [5.74, 6) is 0.570. The fourth-order valence-electron chi connectivity index (χ4n) is 3.95. The zero-order valence-electron chi connectivity index (χ0n) is 19.2.